The Morgan fingerprint density at radius 2 is 2.36 bits per heavy atom. The second kappa shape index (κ2) is 3.95. The molecule has 2 nitrogen and oxygen atoms in total. The summed E-state index contributed by atoms with van der Waals surface area (Å²) >= 11 is 3.12. The summed E-state index contributed by atoms with van der Waals surface area (Å²) in [5, 5.41) is 9.80. The number of rotatable bonds is 3. The van der Waals surface area contributed by atoms with E-state index in [1.54, 1.807) is 6.20 Å². The van der Waals surface area contributed by atoms with Crippen LogP contribution < -0.4 is 0 Å². The van der Waals surface area contributed by atoms with Gasteiger partial charge in [0.1, 0.15) is 11.9 Å². The number of pyridine rings is 1. The summed E-state index contributed by atoms with van der Waals surface area (Å²) in [5.41, 5.74) is 1.08. The molecule has 76 valence electrons. The largest absolute Gasteiger partial charge is 0.386 e. The number of aliphatic hydroxyl groups is 1. The zero-order valence-corrected chi connectivity index (χ0v) is 9.17. The smallest absolute Gasteiger partial charge is 0.130 e. The summed E-state index contributed by atoms with van der Waals surface area (Å²) in [5.74, 6) is 0.121. The van der Waals surface area contributed by atoms with Crippen LogP contribution in [0.15, 0.2) is 12.3 Å². The first kappa shape index (κ1) is 10.1. The van der Waals surface area contributed by atoms with Gasteiger partial charge in [0.2, 0.25) is 0 Å². The normalized spacial score (nSPS) is 18.2. The van der Waals surface area contributed by atoms with Gasteiger partial charge in [0.15, 0.2) is 0 Å². The van der Waals surface area contributed by atoms with Gasteiger partial charge in [-0.1, -0.05) is 15.9 Å². The van der Waals surface area contributed by atoms with Crippen LogP contribution in [0.2, 0.25) is 0 Å². The average molecular weight is 260 g/mol. The maximum Gasteiger partial charge on any atom is 0.130 e. The van der Waals surface area contributed by atoms with Crippen molar-refractivity contribution in [2.45, 2.75) is 24.9 Å². The molecule has 0 unspecified atom stereocenters. The summed E-state index contributed by atoms with van der Waals surface area (Å²) in [6.45, 7) is 0. The maximum absolute atomic E-state index is 13.5. The third-order valence-corrected chi connectivity index (χ3v) is 3.02. The quantitative estimate of drug-likeness (QED) is 0.847. The Morgan fingerprint density at radius 1 is 1.64 bits per heavy atom. The summed E-state index contributed by atoms with van der Waals surface area (Å²) in [6, 6.07) is 1.33. The number of alkyl halides is 1. The van der Waals surface area contributed by atoms with Crippen LogP contribution in [0.4, 0.5) is 4.39 Å². The molecular weight excluding hydrogens is 249 g/mol. The lowest BCUT2D eigenvalue weighted by Crippen LogP contribution is -2.03. The summed E-state index contributed by atoms with van der Waals surface area (Å²) in [6.07, 6.45) is 2.93. The molecule has 0 radical (unpaired) electrons. The first-order chi connectivity index (χ1) is 6.72. The van der Waals surface area contributed by atoms with Crippen LogP contribution in [-0.4, -0.2) is 15.4 Å². The fourth-order valence-electron chi connectivity index (χ4n) is 1.41. The minimum absolute atomic E-state index is 0.238. The highest BCUT2D eigenvalue weighted by atomic mass is 79.9. The highest BCUT2D eigenvalue weighted by Crippen LogP contribution is 2.41. The molecule has 1 aliphatic rings. The van der Waals surface area contributed by atoms with Gasteiger partial charge in [-0.3, -0.25) is 4.98 Å². The van der Waals surface area contributed by atoms with Gasteiger partial charge in [-0.25, -0.2) is 4.39 Å². The molecule has 1 saturated carbocycles. The molecule has 0 aromatic carbocycles. The van der Waals surface area contributed by atoms with Crippen molar-refractivity contribution in [3.05, 3.63) is 29.3 Å². The monoisotopic (exact) mass is 259 g/mol. The zero-order valence-electron chi connectivity index (χ0n) is 7.58. The molecule has 2 rings (SSSR count). The molecule has 1 aromatic heterocycles. The highest BCUT2D eigenvalue weighted by Gasteiger charge is 2.27. The highest BCUT2D eigenvalue weighted by molar-refractivity contribution is 9.09. The number of aromatic nitrogens is 1. The Morgan fingerprint density at radius 3 is 2.86 bits per heavy atom. The van der Waals surface area contributed by atoms with Crippen LogP contribution in [0, 0.1) is 5.82 Å². The van der Waals surface area contributed by atoms with Crippen LogP contribution >= 0.6 is 15.9 Å². The van der Waals surface area contributed by atoms with Crippen molar-refractivity contribution in [1.82, 2.24) is 4.98 Å². The van der Waals surface area contributed by atoms with E-state index in [1.807, 2.05) is 0 Å². The Bertz CT molecular complexity index is 341. The van der Waals surface area contributed by atoms with Gasteiger partial charge >= 0.3 is 0 Å². The topological polar surface area (TPSA) is 33.1 Å². The standard InChI is InChI=1S/C10H11BrFNO/c11-4-10(14)9-3-8(12)7(5-13-9)6-1-2-6/h3,5-6,10,14H,1-2,4H2/t10-/m1/s1. The fraction of sp³-hybridized carbons (Fsp3) is 0.500. The summed E-state index contributed by atoms with van der Waals surface area (Å²) in [4.78, 5) is 4.05. The lowest BCUT2D eigenvalue weighted by atomic mass is 10.1. The molecule has 1 aromatic rings. The molecule has 0 aliphatic heterocycles. The molecule has 4 heteroatoms. The number of hydrogen-bond donors (Lipinski definition) is 1. The van der Waals surface area contributed by atoms with E-state index in [0.29, 0.717) is 22.5 Å². The first-order valence-corrected chi connectivity index (χ1v) is 5.74. The van der Waals surface area contributed by atoms with Gasteiger partial charge < -0.3 is 5.11 Å². The van der Waals surface area contributed by atoms with Crippen LogP contribution in [-0.2, 0) is 0 Å². The summed E-state index contributed by atoms with van der Waals surface area (Å²) < 4.78 is 13.5. The third kappa shape index (κ3) is 1.96. The van der Waals surface area contributed by atoms with Gasteiger partial charge in [0.05, 0.1) is 5.69 Å². The number of halogens is 2. The second-order valence-corrected chi connectivity index (χ2v) is 4.22. The van der Waals surface area contributed by atoms with E-state index in [9.17, 15) is 9.50 Å². The Hall–Kier alpha value is -0.480. The Labute approximate surface area is 90.3 Å². The molecule has 1 fully saturated rings. The number of hydrogen-bond acceptors (Lipinski definition) is 2. The van der Waals surface area contributed by atoms with Crippen molar-refractivity contribution < 1.29 is 9.50 Å². The molecular formula is C10H11BrFNO. The van der Waals surface area contributed by atoms with Crippen LogP contribution in [0.3, 0.4) is 0 Å². The van der Waals surface area contributed by atoms with Crippen molar-refractivity contribution in [2.24, 2.45) is 0 Å². The Balaban J connectivity index is 2.25. The van der Waals surface area contributed by atoms with Gasteiger partial charge in [-0.15, -0.1) is 0 Å². The van der Waals surface area contributed by atoms with E-state index < -0.39 is 6.10 Å². The van der Waals surface area contributed by atoms with Crippen LogP contribution in [0.5, 0.6) is 0 Å². The second-order valence-electron chi connectivity index (χ2n) is 3.58. The van der Waals surface area contributed by atoms with Crippen molar-refractivity contribution in [3.63, 3.8) is 0 Å². The van der Waals surface area contributed by atoms with Crippen molar-refractivity contribution in [1.29, 1.82) is 0 Å². The van der Waals surface area contributed by atoms with Crippen molar-refractivity contribution >= 4 is 15.9 Å². The van der Waals surface area contributed by atoms with E-state index >= 15 is 0 Å². The van der Waals surface area contributed by atoms with Crippen LogP contribution in [0.1, 0.15) is 36.1 Å². The van der Waals surface area contributed by atoms with E-state index in [0.717, 1.165) is 12.8 Å². The van der Waals surface area contributed by atoms with E-state index in [1.165, 1.54) is 6.07 Å². The maximum atomic E-state index is 13.5. The summed E-state index contributed by atoms with van der Waals surface area (Å²) in [7, 11) is 0. The van der Waals surface area contributed by atoms with E-state index in [4.69, 9.17) is 0 Å². The molecule has 1 heterocycles. The molecule has 14 heavy (non-hydrogen) atoms. The number of nitrogens with zero attached hydrogens (tertiary/aromatic N) is 1. The predicted octanol–water partition coefficient (Wildman–Crippen LogP) is 2.53. The van der Waals surface area contributed by atoms with Gasteiger partial charge in [-0.2, -0.15) is 0 Å². The van der Waals surface area contributed by atoms with Gasteiger partial charge in [-0.05, 0) is 24.8 Å². The van der Waals surface area contributed by atoms with Crippen LogP contribution in [0.25, 0.3) is 0 Å². The van der Waals surface area contributed by atoms with E-state index in [2.05, 4.69) is 20.9 Å². The minimum Gasteiger partial charge on any atom is -0.386 e. The molecule has 0 spiro atoms. The predicted molar refractivity (Wildman–Crippen MR) is 54.9 cm³/mol. The minimum atomic E-state index is -0.724. The average Bonchev–Trinajstić information content (AvgIpc) is 3.00. The number of aliphatic hydroxyl groups excluding tert-OH is 1. The fourth-order valence-corrected chi connectivity index (χ4v) is 1.74. The van der Waals surface area contributed by atoms with Gasteiger partial charge in [0.25, 0.3) is 0 Å². The molecule has 0 saturated heterocycles. The first-order valence-electron chi connectivity index (χ1n) is 4.61. The van der Waals surface area contributed by atoms with Crippen molar-refractivity contribution in [3.8, 4) is 0 Å². The Kier molecular flexibility index (Phi) is 2.83. The lowest BCUT2D eigenvalue weighted by molar-refractivity contribution is 0.200. The molecule has 0 amide bonds. The molecule has 0 bridgehead atoms. The third-order valence-electron chi connectivity index (χ3n) is 2.41. The van der Waals surface area contributed by atoms with Crippen molar-refractivity contribution in [2.75, 3.05) is 5.33 Å². The van der Waals surface area contributed by atoms with Gasteiger partial charge in [0, 0.05) is 17.1 Å². The SMILES string of the molecule is O[C@H](CBr)c1cc(F)c(C2CC2)cn1. The van der Waals surface area contributed by atoms with E-state index in [-0.39, 0.29) is 5.82 Å². The zero-order chi connectivity index (χ0) is 10.1. The molecule has 1 N–H and O–H groups in total. The molecule has 1 aliphatic carbocycles. The lowest BCUT2D eigenvalue weighted by Gasteiger charge is -2.07. The molecule has 1 atom stereocenters.